The van der Waals surface area contributed by atoms with Crippen molar-refractivity contribution in [1.82, 2.24) is 15.0 Å². The minimum Gasteiger partial charge on any atom is -0.382 e. The molecule has 5 nitrogen and oxygen atoms in total. The van der Waals surface area contributed by atoms with Crippen molar-refractivity contribution in [2.24, 2.45) is 0 Å². The summed E-state index contributed by atoms with van der Waals surface area (Å²) in [5.74, 6) is 0.0128. The standard InChI is InChI=1S/C23H19N3O2/c1-16(27)17-11-13-19(14-12-17)26-15-22(24-25-26)23(28)21-10-6-5-9-20(21)18-7-3-2-4-8-18/h2-15,23,28H,1H3. The van der Waals surface area contributed by atoms with Gasteiger partial charge in [0.25, 0.3) is 0 Å². The Hall–Kier alpha value is -3.57. The largest absolute Gasteiger partial charge is 0.382 e. The number of Topliss-reactive ketones (excluding diaryl/α,β-unsaturated/α-hetero) is 1. The molecule has 28 heavy (non-hydrogen) atoms. The summed E-state index contributed by atoms with van der Waals surface area (Å²) >= 11 is 0. The van der Waals surface area contributed by atoms with Crippen LogP contribution in [-0.2, 0) is 0 Å². The minimum atomic E-state index is -0.901. The summed E-state index contributed by atoms with van der Waals surface area (Å²) in [5.41, 5.74) is 4.63. The highest BCUT2D eigenvalue weighted by molar-refractivity contribution is 5.94. The second-order valence-corrected chi connectivity index (χ2v) is 6.55. The van der Waals surface area contributed by atoms with E-state index in [-0.39, 0.29) is 5.78 Å². The predicted octanol–water partition coefficient (Wildman–Crippen LogP) is 4.22. The third-order valence-corrected chi connectivity index (χ3v) is 4.67. The van der Waals surface area contributed by atoms with E-state index in [0.717, 1.165) is 22.4 Å². The third kappa shape index (κ3) is 3.48. The highest BCUT2D eigenvalue weighted by atomic mass is 16.3. The zero-order valence-corrected chi connectivity index (χ0v) is 15.4. The molecule has 0 saturated heterocycles. The first-order valence-corrected chi connectivity index (χ1v) is 8.99. The van der Waals surface area contributed by atoms with Crippen LogP contribution in [0.1, 0.15) is 34.6 Å². The van der Waals surface area contributed by atoms with E-state index >= 15 is 0 Å². The summed E-state index contributed by atoms with van der Waals surface area (Å²) in [6, 6.07) is 24.8. The molecule has 1 atom stereocenters. The number of benzene rings is 3. The first kappa shape index (κ1) is 17.8. The van der Waals surface area contributed by atoms with Crippen LogP contribution in [0, 0.1) is 0 Å². The van der Waals surface area contributed by atoms with Crippen molar-refractivity contribution < 1.29 is 9.90 Å². The van der Waals surface area contributed by atoms with Crippen molar-refractivity contribution in [2.45, 2.75) is 13.0 Å². The summed E-state index contributed by atoms with van der Waals surface area (Å²) in [5, 5.41) is 19.2. The van der Waals surface area contributed by atoms with Gasteiger partial charge >= 0.3 is 0 Å². The Morgan fingerprint density at radius 2 is 1.61 bits per heavy atom. The van der Waals surface area contributed by atoms with E-state index in [0.29, 0.717) is 11.3 Å². The SMILES string of the molecule is CC(=O)c1ccc(-n2cc(C(O)c3ccccc3-c3ccccc3)nn2)cc1. The lowest BCUT2D eigenvalue weighted by molar-refractivity contribution is 0.101. The van der Waals surface area contributed by atoms with Gasteiger partial charge in [0, 0.05) is 5.56 Å². The molecule has 1 heterocycles. The van der Waals surface area contributed by atoms with E-state index in [1.165, 1.54) is 6.92 Å². The molecule has 0 aliphatic heterocycles. The smallest absolute Gasteiger partial charge is 0.159 e. The Morgan fingerprint density at radius 1 is 0.929 bits per heavy atom. The van der Waals surface area contributed by atoms with Crippen LogP contribution in [0.4, 0.5) is 0 Å². The van der Waals surface area contributed by atoms with Gasteiger partial charge in [0.15, 0.2) is 5.78 Å². The van der Waals surface area contributed by atoms with Gasteiger partial charge in [-0.05, 0) is 47.9 Å². The molecule has 0 aliphatic rings. The number of hydrogen-bond donors (Lipinski definition) is 1. The molecule has 0 saturated carbocycles. The second kappa shape index (κ2) is 7.58. The van der Waals surface area contributed by atoms with E-state index in [1.807, 2.05) is 54.6 Å². The topological polar surface area (TPSA) is 68.0 Å². The fourth-order valence-electron chi connectivity index (χ4n) is 3.15. The fraction of sp³-hybridized carbons (Fsp3) is 0.0870. The Labute approximate surface area is 162 Å². The maximum atomic E-state index is 11.4. The molecule has 4 rings (SSSR count). The van der Waals surface area contributed by atoms with Crippen LogP contribution in [0.5, 0.6) is 0 Å². The number of ketones is 1. The molecule has 0 spiro atoms. The molecule has 0 aliphatic carbocycles. The molecule has 0 radical (unpaired) electrons. The lowest BCUT2D eigenvalue weighted by Gasteiger charge is -2.13. The number of nitrogens with zero attached hydrogens (tertiary/aromatic N) is 3. The number of carbonyl (C=O) groups excluding carboxylic acids is 1. The van der Waals surface area contributed by atoms with E-state index in [2.05, 4.69) is 10.3 Å². The van der Waals surface area contributed by atoms with Crippen molar-refractivity contribution >= 4 is 5.78 Å². The van der Waals surface area contributed by atoms with E-state index in [1.54, 1.807) is 35.1 Å². The van der Waals surface area contributed by atoms with Crippen molar-refractivity contribution in [1.29, 1.82) is 0 Å². The molecule has 4 aromatic rings. The molecule has 1 N–H and O–H groups in total. The van der Waals surface area contributed by atoms with Crippen LogP contribution in [0.15, 0.2) is 85.1 Å². The molecule has 3 aromatic carbocycles. The maximum absolute atomic E-state index is 11.4. The molecule has 0 fully saturated rings. The third-order valence-electron chi connectivity index (χ3n) is 4.67. The summed E-state index contributed by atoms with van der Waals surface area (Å²) in [6.07, 6.45) is 0.802. The van der Waals surface area contributed by atoms with Gasteiger partial charge in [-0.1, -0.05) is 59.8 Å². The Morgan fingerprint density at radius 3 is 2.32 bits per heavy atom. The normalized spacial score (nSPS) is 11.9. The molecule has 0 bridgehead atoms. The lowest BCUT2D eigenvalue weighted by Crippen LogP contribution is -2.02. The number of aliphatic hydroxyl groups is 1. The van der Waals surface area contributed by atoms with Crippen LogP contribution < -0.4 is 0 Å². The van der Waals surface area contributed by atoms with Crippen LogP contribution in [0.3, 0.4) is 0 Å². The van der Waals surface area contributed by atoms with Gasteiger partial charge in [-0.2, -0.15) is 0 Å². The van der Waals surface area contributed by atoms with Crippen molar-refractivity contribution in [2.75, 3.05) is 0 Å². The maximum Gasteiger partial charge on any atom is 0.159 e. The molecule has 5 heteroatoms. The number of hydrogen-bond acceptors (Lipinski definition) is 4. The average Bonchev–Trinajstić information content (AvgIpc) is 3.24. The van der Waals surface area contributed by atoms with Crippen molar-refractivity contribution in [3.05, 3.63) is 102 Å². The van der Waals surface area contributed by atoms with Crippen molar-refractivity contribution in [3.63, 3.8) is 0 Å². The zero-order valence-electron chi connectivity index (χ0n) is 15.4. The number of aliphatic hydroxyl groups excluding tert-OH is 1. The van der Waals surface area contributed by atoms with Gasteiger partial charge in [-0.3, -0.25) is 4.79 Å². The number of rotatable bonds is 5. The van der Waals surface area contributed by atoms with Gasteiger partial charge in [-0.15, -0.1) is 5.10 Å². The van der Waals surface area contributed by atoms with E-state index in [4.69, 9.17) is 0 Å². The summed E-state index contributed by atoms with van der Waals surface area (Å²) < 4.78 is 1.59. The van der Waals surface area contributed by atoms with Gasteiger partial charge in [0.2, 0.25) is 0 Å². The van der Waals surface area contributed by atoms with Crippen LogP contribution in [-0.4, -0.2) is 25.9 Å². The second-order valence-electron chi connectivity index (χ2n) is 6.55. The van der Waals surface area contributed by atoms with Crippen molar-refractivity contribution in [3.8, 4) is 16.8 Å². The van der Waals surface area contributed by atoms with Gasteiger partial charge in [-0.25, -0.2) is 4.68 Å². The molecule has 138 valence electrons. The summed E-state index contributed by atoms with van der Waals surface area (Å²) in [7, 11) is 0. The quantitative estimate of drug-likeness (QED) is 0.535. The molecular formula is C23H19N3O2. The first-order valence-electron chi connectivity index (χ1n) is 8.99. The Balaban J connectivity index is 1.66. The summed E-state index contributed by atoms with van der Waals surface area (Å²) in [6.45, 7) is 1.53. The average molecular weight is 369 g/mol. The fourth-order valence-corrected chi connectivity index (χ4v) is 3.15. The molecule has 1 aromatic heterocycles. The molecular weight excluding hydrogens is 350 g/mol. The van der Waals surface area contributed by atoms with Gasteiger partial charge in [0.05, 0.1) is 11.9 Å². The van der Waals surface area contributed by atoms with Crippen LogP contribution in [0.25, 0.3) is 16.8 Å². The highest BCUT2D eigenvalue weighted by Crippen LogP contribution is 2.31. The number of aromatic nitrogens is 3. The molecule has 0 amide bonds. The van der Waals surface area contributed by atoms with Gasteiger partial charge < -0.3 is 5.11 Å². The zero-order chi connectivity index (χ0) is 19.5. The summed E-state index contributed by atoms with van der Waals surface area (Å²) in [4.78, 5) is 11.4. The van der Waals surface area contributed by atoms with E-state index < -0.39 is 6.10 Å². The highest BCUT2D eigenvalue weighted by Gasteiger charge is 2.19. The first-order chi connectivity index (χ1) is 13.6. The van der Waals surface area contributed by atoms with E-state index in [9.17, 15) is 9.90 Å². The van der Waals surface area contributed by atoms with Crippen LogP contribution in [0.2, 0.25) is 0 Å². The number of carbonyl (C=O) groups is 1. The van der Waals surface area contributed by atoms with Gasteiger partial charge in [0.1, 0.15) is 11.8 Å². The predicted molar refractivity (Wildman–Crippen MR) is 107 cm³/mol. The lowest BCUT2D eigenvalue weighted by atomic mass is 9.95. The monoisotopic (exact) mass is 369 g/mol. The van der Waals surface area contributed by atoms with Crippen LogP contribution >= 0.6 is 0 Å². The Bertz CT molecular complexity index is 1100. The Kier molecular flexibility index (Phi) is 4.83. The minimum absolute atomic E-state index is 0.0128. The molecule has 1 unspecified atom stereocenters.